The summed E-state index contributed by atoms with van der Waals surface area (Å²) in [6, 6.07) is 0.756. The Balaban J connectivity index is 2.04. The molecular weight excluding hydrogens is 162 g/mol. The molecule has 0 N–H and O–H groups in total. The highest BCUT2D eigenvalue weighted by atomic mass is 16.5. The van der Waals surface area contributed by atoms with E-state index in [0.717, 1.165) is 6.04 Å². The number of nitrogens with zero attached hydrogens (tertiary/aromatic N) is 1. The highest BCUT2D eigenvalue weighted by Crippen LogP contribution is 2.50. The first-order chi connectivity index (χ1) is 6.09. The van der Waals surface area contributed by atoms with Crippen LogP contribution in [0.1, 0.15) is 27.2 Å². The van der Waals surface area contributed by atoms with Crippen LogP contribution in [0.4, 0.5) is 0 Å². The van der Waals surface area contributed by atoms with Gasteiger partial charge < -0.3 is 4.74 Å². The van der Waals surface area contributed by atoms with Crippen LogP contribution in [0, 0.1) is 11.3 Å². The molecule has 0 aromatic rings. The molecule has 1 aliphatic heterocycles. The molecular formula is C11H21NO. The second kappa shape index (κ2) is 2.96. The molecule has 1 heterocycles. The Labute approximate surface area is 81.3 Å². The van der Waals surface area contributed by atoms with E-state index in [-0.39, 0.29) is 0 Å². The van der Waals surface area contributed by atoms with E-state index in [1.54, 1.807) is 0 Å². The number of methoxy groups -OCH3 is 1. The minimum absolute atomic E-state index is 0.356. The van der Waals surface area contributed by atoms with Crippen molar-refractivity contribution in [2.75, 3.05) is 20.2 Å². The molecule has 0 amide bonds. The minimum Gasteiger partial charge on any atom is -0.380 e. The summed E-state index contributed by atoms with van der Waals surface area (Å²) in [4.78, 5) is 2.61. The molecule has 2 rings (SSSR count). The van der Waals surface area contributed by atoms with Crippen molar-refractivity contribution in [1.29, 1.82) is 0 Å². The van der Waals surface area contributed by atoms with Crippen molar-refractivity contribution in [3.8, 4) is 0 Å². The number of likely N-dealkylation sites (tertiary alicyclic amines) is 1. The summed E-state index contributed by atoms with van der Waals surface area (Å²) >= 11 is 0. The Morgan fingerprint density at radius 3 is 2.23 bits per heavy atom. The topological polar surface area (TPSA) is 12.5 Å². The number of ether oxygens (including phenoxy) is 1. The molecule has 0 spiro atoms. The van der Waals surface area contributed by atoms with Crippen molar-refractivity contribution in [3.05, 3.63) is 0 Å². The van der Waals surface area contributed by atoms with Gasteiger partial charge >= 0.3 is 0 Å². The molecule has 2 heteroatoms. The maximum atomic E-state index is 5.54. The van der Waals surface area contributed by atoms with Gasteiger partial charge in [-0.1, -0.05) is 20.8 Å². The Morgan fingerprint density at radius 2 is 1.92 bits per heavy atom. The van der Waals surface area contributed by atoms with Gasteiger partial charge in [0, 0.05) is 18.6 Å². The molecule has 76 valence electrons. The lowest BCUT2D eigenvalue weighted by molar-refractivity contribution is -0.193. The smallest absolute Gasteiger partial charge is 0.0677 e. The fourth-order valence-corrected chi connectivity index (χ4v) is 3.51. The van der Waals surface area contributed by atoms with Gasteiger partial charge in [-0.2, -0.15) is 0 Å². The molecule has 3 unspecified atom stereocenters. The summed E-state index contributed by atoms with van der Waals surface area (Å²) in [5, 5.41) is 0. The molecule has 0 aromatic carbocycles. The van der Waals surface area contributed by atoms with Gasteiger partial charge in [0.25, 0.3) is 0 Å². The van der Waals surface area contributed by atoms with Crippen LogP contribution < -0.4 is 0 Å². The van der Waals surface area contributed by atoms with E-state index in [4.69, 9.17) is 4.74 Å². The van der Waals surface area contributed by atoms with Gasteiger partial charge in [-0.15, -0.1) is 0 Å². The van der Waals surface area contributed by atoms with E-state index in [1.165, 1.54) is 19.5 Å². The zero-order valence-corrected chi connectivity index (χ0v) is 9.21. The predicted molar refractivity (Wildman–Crippen MR) is 53.7 cm³/mol. The minimum atomic E-state index is 0.356. The van der Waals surface area contributed by atoms with Crippen molar-refractivity contribution in [2.45, 2.75) is 39.3 Å². The zero-order valence-electron chi connectivity index (χ0n) is 9.21. The first-order valence-corrected chi connectivity index (χ1v) is 5.36. The average molecular weight is 183 g/mol. The van der Waals surface area contributed by atoms with Crippen molar-refractivity contribution in [2.24, 2.45) is 11.3 Å². The van der Waals surface area contributed by atoms with E-state index in [2.05, 4.69) is 25.7 Å². The lowest BCUT2D eigenvalue weighted by Crippen LogP contribution is -2.70. The van der Waals surface area contributed by atoms with Crippen LogP contribution in [0.3, 0.4) is 0 Å². The molecule has 2 nitrogen and oxygen atoms in total. The number of hydrogen-bond acceptors (Lipinski definition) is 2. The second-order valence-electron chi connectivity index (χ2n) is 5.17. The zero-order chi connectivity index (χ0) is 9.64. The third-order valence-electron chi connectivity index (χ3n) is 4.01. The van der Waals surface area contributed by atoms with E-state index < -0.39 is 0 Å². The van der Waals surface area contributed by atoms with Gasteiger partial charge in [0.05, 0.1) is 6.10 Å². The van der Waals surface area contributed by atoms with Crippen molar-refractivity contribution >= 4 is 0 Å². The highest BCUT2D eigenvalue weighted by Gasteiger charge is 2.57. The van der Waals surface area contributed by atoms with Gasteiger partial charge in [0.1, 0.15) is 0 Å². The predicted octanol–water partition coefficient (Wildman–Crippen LogP) is 1.75. The first-order valence-electron chi connectivity index (χ1n) is 5.36. The molecule has 0 aromatic heterocycles. The third kappa shape index (κ3) is 1.15. The normalized spacial score (nSPS) is 43.8. The number of hydrogen-bond donors (Lipinski definition) is 0. The monoisotopic (exact) mass is 183 g/mol. The molecule has 1 saturated carbocycles. The lowest BCUT2D eigenvalue weighted by Gasteiger charge is -2.62. The van der Waals surface area contributed by atoms with Gasteiger partial charge in [0.15, 0.2) is 0 Å². The third-order valence-corrected chi connectivity index (χ3v) is 4.01. The molecule has 13 heavy (non-hydrogen) atoms. The molecule has 2 aliphatic rings. The fourth-order valence-electron chi connectivity index (χ4n) is 3.51. The van der Waals surface area contributed by atoms with E-state index in [1.807, 2.05) is 7.11 Å². The quantitative estimate of drug-likeness (QED) is 0.646. The highest BCUT2D eigenvalue weighted by molar-refractivity contribution is 5.09. The molecule has 3 atom stereocenters. The van der Waals surface area contributed by atoms with Gasteiger partial charge in [-0.05, 0) is 25.4 Å². The van der Waals surface area contributed by atoms with Crippen LogP contribution in [0.2, 0.25) is 0 Å². The fraction of sp³-hybridized carbons (Fsp3) is 1.00. The second-order valence-corrected chi connectivity index (χ2v) is 5.17. The first kappa shape index (κ1) is 9.47. The Bertz CT molecular complexity index is 198. The maximum Gasteiger partial charge on any atom is 0.0677 e. The van der Waals surface area contributed by atoms with Gasteiger partial charge in [0.2, 0.25) is 0 Å². The van der Waals surface area contributed by atoms with Crippen LogP contribution in [-0.2, 0) is 4.74 Å². The summed E-state index contributed by atoms with van der Waals surface area (Å²) < 4.78 is 5.54. The van der Waals surface area contributed by atoms with Crippen molar-refractivity contribution < 1.29 is 4.74 Å². The molecule has 0 radical (unpaired) electrons. The largest absolute Gasteiger partial charge is 0.380 e. The summed E-state index contributed by atoms with van der Waals surface area (Å²) in [6.45, 7) is 9.60. The Morgan fingerprint density at radius 1 is 1.31 bits per heavy atom. The Kier molecular flexibility index (Phi) is 2.16. The van der Waals surface area contributed by atoms with E-state index in [9.17, 15) is 0 Å². The molecule has 1 saturated heterocycles. The molecule has 2 fully saturated rings. The van der Waals surface area contributed by atoms with Crippen LogP contribution >= 0.6 is 0 Å². The van der Waals surface area contributed by atoms with Gasteiger partial charge in [-0.25, -0.2) is 0 Å². The maximum absolute atomic E-state index is 5.54. The molecule has 0 bridgehead atoms. The lowest BCUT2D eigenvalue weighted by atomic mass is 9.56. The Hall–Kier alpha value is -0.0800. The summed E-state index contributed by atoms with van der Waals surface area (Å²) in [7, 11) is 1.84. The average Bonchev–Trinajstić information content (AvgIpc) is 1.96. The van der Waals surface area contributed by atoms with Crippen molar-refractivity contribution in [1.82, 2.24) is 4.90 Å². The van der Waals surface area contributed by atoms with Crippen LogP contribution in [0.25, 0.3) is 0 Å². The van der Waals surface area contributed by atoms with Crippen LogP contribution in [0.5, 0.6) is 0 Å². The van der Waals surface area contributed by atoms with Crippen LogP contribution in [-0.4, -0.2) is 37.2 Å². The standard InChI is InChI=1S/C11H21NO/c1-8-9(12-6-5-7-12)11(2,3)10(8)13-4/h8-10H,5-7H2,1-4H3. The summed E-state index contributed by atoms with van der Waals surface area (Å²) in [6.07, 6.45) is 1.84. The summed E-state index contributed by atoms with van der Waals surface area (Å²) in [5.41, 5.74) is 0.356. The van der Waals surface area contributed by atoms with E-state index >= 15 is 0 Å². The van der Waals surface area contributed by atoms with Crippen LogP contribution in [0.15, 0.2) is 0 Å². The SMILES string of the molecule is COC1C(C)C(N2CCC2)C1(C)C. The number of rotatable bonds is 2. The van der Waals surface area contributed by atoms with Gasteiger partial charge in [-0.3, -0.25) is 4.90 Å². The summed E-state index contributed by atoms with van der Waals surface area (Å²) in [5.74, 6) is 0.709. The van der Waals surface area contributed by atoms with E-state index in [0.29, 0.717) is 17.4 Å². The molecule has 1 aliphatic carbocycles. The van der Waals surface area contributed by atoms with Crippen molar-refractivity contribution in [3.63, 3.8) is 0 Å².